The van der Waals surface area contributed by atoms with Crippen LogP contribution in [0.1, 0.15) is 0 Å². The Kier molecular flexibility index (Phi) is 9.54. The van der Waals surface area contributed by atoms with Crippen LogP contribution < -0.4 is 0 Å². The highest BCUT2D eigenvalue weighted by Gasteiger charge is 2.53. The van der Waals surface area contributed by atoms with E-state index in [0.29, 0.717) is 0 Å². The summed E-state index contributed by atoms with van der Waals surface area (Å²) in [6.45, 7) is -2.28. The number of hydrogen-bond acceptors (Lipinski definition) is 16. The van der Waals surface area contributed by atoms with Gasteiger partial charge in [0.2, 0.25) is 0 Å². The van der Waals surface area contributed by atoms with E-state index >= 15 is 0 Å². The summed E-state index contributed by atoms with van der Waals surface area (Å²) in [7, 11) is 0. The molecule has 0 aromatic rings. The van der Waals surface area contributed by atoms with Crippen LogP contribution >= 0.6 is 0 Å². The molecule has 0 aromatic heterocycles. The second-order valence-corrected chi connectivity index (χ2v) is 8.33. The van der Waals surface area contributed by atoms with Crippen molar-refractivity contribution >= 4 is 0 Å². The molecular formula is C18H32O16. The molecule has 200 valence electrons. The van der Waals surface area contributed by atoms with Gasteiger partial charge in [-0.05, 0) is 0 Å². The quantitative estimate of drug-likeness (QED) is 0.154. The van der Waals surface area contributed by atoms with Crippen LogP contribution in [0.2, 0.25) is 0 Å². The second-order valence-electron chi connectivity index (χ2n) is 8.33. The van der Waals surface area contributed by atoms with E-state index in [0.717, 1.165) is 0 Å². The zero-order valence-electron chi connectivity index (χ0n) is 17.7. The molecule has 15 atom stereocenters. The van der Waals surface area contributed by atoms with Crippen LogP contribution in [0.5, 0.6) is 0 Å². The summed E-state index contributed by atoms with van der Waals surface area (Å²) < 4.78 is 26.2. The van der Waals surface area contributed by atoms with Crippen molar-refractivity contribution in [3.05, 3.63) is 0 Å². The molecule has 0 bridgehead atoms. The maximum Gasteiger partial charge on any atom is 0.187 e. The highest BCUT2D eigenvalue weighted by atomic mass is 16.8. The minimum absolute atomic E-state index is 0.715. The van der Waals surface area contributed by atoms with E-state index in [1.54, 1.807) is 0 Å². The van der Waals surface area contributed by atoms with Crippen molar-refractivity contribution in [3.63, 3.8) is 0 Å². The standard InChI is InChI=1S/C18H32O16/c19-1-4-8(23)10(25)15(16(29)30-4)34-18-13(28)11(26)14(6(3-21)32-18)33-17-12(27)9(24)7(22)5(2-20)31-17/h4-29H,1-3H2/t4-,5-,6-,7-,8-,9+,10+,11-,12-,13-,14-,15-,16-,17-,18+/m1/s1. The van der Waals surface area contributed by atoms with E-state index in [-0.39, 0.29) is 0 Å². The Bertz CT molecular complexity index is 637. The van der Waals surface area contributed by atoms with Gasteiger partial charge in [0.1, 0.15) is 73.2 Å². The highest BCUT2D eigenvalue weighted by molar-refractivity contribution is 4.95. The van der Waals surface area contributed by atoms with Crippen LogP contribution in [0.4, 0.5) is 0 Å². The largest absolute Gasteiger partial charge is 0.394 e. The zero-order chi connectivity index (χ0) is 25.3. The maximum absolute atomic E-state index is 10.6. The van der Waals surface area contributed by atoms with Crippen molar-refractivity contribution in [1.82, 2.24) is 0 Å². The van der Waals surface area contributed by atoms with Gasteiger partial charge in [0.25, 0.3) is 0 Å². The molecule has 16 heteroatoms. The fourth-order valence-corrected chi connectivity index (χ4v) is 4.04. The summed E-state index contributed by atoms with van der Waals surface area (Å²) in [5.41, 5.74) is 0. The van der Waals surface area contributed by atoms with Crippen molar-refractivity contribution in [2.75, 3.05) is 19.8 Å². The summed E-state index contributed by atoms with van der Waals surface area (Å²) in [6, 6.07) is 0. The fraction of sp³-hybridized carbons (Fsp3) is 1.00. The molecule has 0 radical (unpaired) electrons. The topological polar surface area (TPSA) is 269 Å². The van der Waals surface area contributed by atoms with Gasteiger partial charge in [0.05, 0.1) is 19.8 Å². The molecule has 3 fully saturated rings. The van der Waals surface area contributed by atoms with E-state index in [4.69, 9.17) is 28.8 Å². The van der Waals surface area contributed by atoms with Gasteiger partial charge < -0.3 is 79.9 Å². The van der Waals surface area contributed by atoms with Crippen LogP contribution in [-0.4, -0.2) is 168 Å². The number of hydrogen-bond donors (Lipinski definition) is 11. The third-order valence-corrected chi connectivity index (χ3v) is 6.09. The predicted molar refractivity (Wildman–Crippen MR) is 101 cm³/mol. The first-order valence-corrected chi connectivity index (χ1v) is 10.6. The number of ether oxygens (including phenoxy) is 5. The lowest BCUT2D eigenvalue weighted by atomic mass is 9.96. The molecule has 3 heterocycles. The molecule has 0 aromatic carbocycles. The van der Waals surface area contributed by atoms with Gasteiger partial charge in [0.15, 0.2) is 18.9 Å². The smallest absolute Gasteiger partial charge is 0.187 e. The van der Waals surface area contributed by atoms with Gasteiger partial charge in [-0.15, -0.1) is 0 Å². The van der Waals surface area contributed by atoms with Crippen molar-refractivity contribution < 1.29 is 79.9 Å². The van der Waals surface area contributed by atoms with Crippen molar-refractivity contribution in [1.29, 1.82) is 0 Å². The lowest BCUT2D eigenvalue weighted by Gasteiger charge is -2.47. The SMILES string of the molecule is OC[C@H]1O[C@H](O[C@H]2[C@H](O)[C@@H](O)[C@H](O[C@@H]3[C@@H](O)[C@H](O)[C@@H](CO)O[C@H]3O)O[C@@H]2CO)[C@H](O)[C@@H](O)[C@@H]1O. The van der Waals surface area contributed by atoms with Gasteiger partial charge in [-0.3, -0.25) is 0 Å². The zero-order valence-corrected chi connectivity index (χ0v) is 17.7. The lowest BCUT2D eigenvalue weighted by Crippen LogP contribution is -2.66. The van der Waals surface area contributed by atoms with E-state index in [9.17, 15) is 51.1 Å². The minimum Gasteiger partial charge on any atom is -0.394 e. The van der Waals surface area contributed by atoms with Crippen LogP contribution in [-0.2, 0) is 23.7 Å². The number of aliphatic hydroxyl groups is 11. The van der Waals surface area contributed by atoms with Crippen LogP contribution in [0.25, 0.3) is 0 Å². The normalized spacial score (nSPS) is 52.5. The molecule has 11 N–H and O–H groups in total. The lowest BCUT2D eigenvalue weighted by molar-refractivity contribution is -0.381. The summed E-state index contributed by atoms with van der Waals surface area (Å²) >= 11 is 0. The second kappa shape index (κ2) is 11.6. The Morgan fingerprint density at radius 2 is 0.853 bits per heavy atom. The average molecular weight is 504 g/mol. The Hall–Kier alpha value is -0.640. The first-order chi connectivity index (χ1) is 16.0. The van der Waals surface area contributed by atoms with Crippen molar-refractivity contribution in [2.24, 2.45) is 0 Å². The Morgan fingerprint density at radius 3 is 1.41 bits per heavy atom. The summed E-state index contributed by atoms with van der Waals surface area (Å²) in [5.74, 6) is 0. The van der Waals surface area contributed by atoms with E-state index in [2.05, 4.69) is 0 Å². The van der Waals surface area contributed by atoms with E-state index in [1.807, 2.05) is 0 Å². The summed E-state index contributed by atoms with van der Waals surface area (Å²) in [6.07, 6.45) is -25.2. The molecule has 3 rings (SSSR count). The molecule has 16 nitrogen and oxygen atoms in total. The molecule has 0 amide bonds. The summed E-state index contributed by atoms with van der Waals surface area (Å²) in [4.78, 5) is 0. The van der Waals surface area contributed by atoms with Gasteiger partial charge in [-0.2, -0.15) is 0 Å². The van der Waals surface area contributed by atoms with E-state index < -0.39 is 112 Å². The monoisotopic (exact) mass is 504 g/mol. The van der Waals surface area contributed by atoms with Crippen molar-refractivity contribution in [3.8, 4) is 0 Å². The fourth-order valence-electron chi connectivity index (χ4n) is 4.04. The molecule has 0 saturated carbocycles. The number of aliphatic hydroxyl groups excluding tert-OH is 11. The third kappa shape index (κ3) is 5.37. The first-order valence-electron chi connectivity index (χ1n) is 10.6. The molecule has 3 aliphatic heterocycles. The van der Waals surface area contributed by atoms with E-state index in [1.165, 1.54) is 0 Å². The third-order valence-electron chi connectivity index (χ3n) is 6.09. The predicted octanol–water partition coefficient (Wildman–Crippen LogP) is -7.57. The number of rotatable bonds is 7. The Morgan fingerprint density at radius 1 is 0.441 bits per heavy atom. The minimum atomic E-state index is -1.93. The molecule has 0 aliphatic carbocycles. The molecule has 3 aliphatic rings. The molecule has 0 unspecified atom stereocenters. The summed E-state index contributed by atoms with van der Waals surface area (Å²) in [5, 5.41) is 109. The van der Waals surface area contributed by atoms with Crippen LogP contribution in [0.3, 0.4) is 0 Å². The molecule has 34 heavy (non-hydrogen) atoms. The van der Waals surface area contributed by atoms with Crippen LogP contribution in [0, 0.1) is 0 Å². The van der Waals surface area contributed by atoms with Gasteiger partial charge in [-0.25, -0.2) is 0 Å². The average Bonchev–Trinajstić information content (AvgIpc) is 2.83. The molecular weight excluding hydrogens is 472 g/mol. The molecule has 0 spiro atoms. The molecule has 3 saturated heterocycles. The van der Waals surface area contributed by atoms with Gasteiger partial charge in [-0.1, -0.05) is 0 Å². The Balaban J connectivity index is 1.70. The van der Waals surface area contributed by atoms with Gasteiger partial charge >= 0.3 is 0 Å². The first kappa shape index (κ1) is 27.9. The van der Waals surface area contributed by atoms with Crippen LogP contribution in [0.15, 0.2) is 0 Å². The maximum atomic E-state index is 10.6. The van der Waals surface area contributed by atoms with Crippen molar-refractivity contribution in [2.45, 2.75) is 92.1 Å². The van der Waals surface area contributed by atoms with Gasteiger partial charge in [0, 0.05) is 0 Å². The Labute approximate surface area is 192 Å². The highest BCUT2D eigenvalue weighted by Crippen LogP contribution is 2.31.